The highest BCUT2D eigenvalue weighted by molar-refractivity contribution is 5.97. The fourth-order valence-electron chi connectivity index (χ4n) is 1.87. The first kappa shape index (κ1) is 20.5. The molecule has 0 spiro atoms. The van der Waals surface area contributed by atoms with Crippen LogP contribution in [0, 0.1) is 11.3 Å². The quantitative estimate of drug-likeness (QED) is 0.383. The summed E-state index contributed by atoms with van der Waals surface area (Å²) in [4.78, 5) is 14.0. The summed E-state index contributed by atoms with van der Waals surface area (Å²) in [6.45, 7) is 12.9. The van der Waals surface area contributed by atoms with E-state index in [4.69, 9.17) is 4.74 Å². The highest BCUT2D eigenvalue weighted by atomic mass is 16.5. The van der Waals surface area contributed by atoms with Crippen LogP contribution in [0.4, 0.5) is 0 Å². The Bertz CT molecular complexity index is 392. The molecule has 0 aliphatic rings. The number of hydrogen-bond acceptors (Lipinski definition) is 4. The fraction of sp³-hybridized carbons (Fsp3) is 0.765. The molecule has 0 aromatic heterocycles. The van der Waals surface area contributed by atoms with Gasteiger partial charge in [-0.05, 0) is 40.5 Å². The van der Waals surface area contributed by atoms with E-state index in [0.717, 1.165) is 32.4 Å². The lowest BCUT2D eigenvalue weighted by atomic mass is 10.1. The lowest BCUT2D eigenvalue weighted by Gasteiger charge is -2.33. The van der Waals surface area contributed by atoms with Crippen LogP contribution in [0.2, 0.25) is 0 Å². The van der Waals surface area contributed by atoms with Crippen LogP contribution in [0.1, 0.15) is 53.9 Å². The van der Waals surface area contributed by atoms with Gasteiger partial charge in [-0.2, -0.15) is 5.26 Å². The predicted molar refractivity (Wildman–Crippen MR) is 89.2 cm³/mol. The Labute approximate surface area is 135 Å². The average molecular weight is 309 g/mol. The molecule has 1 N–H and O–H groups in total. The third-order valence-electron chi connectivity index (χ3n) is 3.25. The molecule has 22 heavy (non-hydrogen) atoms. The normalized spacial score (nSPS) is 11.9. The zero-order valence-electron chi connectivity index (χ0n) is 14.7. The summed E-state index contributed by atoms with van der Waals surface area (Å²) < 4.78 is 5.43. The topological polar surface area (TPSA) is 65.4 Å². The predicted octanol–water partition coefficient (Wildman–Crippen LogP) is 2.84. The van der Waals surface area contributed by atoms with E-state index in [2.05, 4.69) is 12.2 Å². The minimum Gasteiger partial charge on any atom is -0.381 e. The van der Waals surface area contributed by atoms with E-state index in [-0.39, 0.29) is 17.0 Å². The maximum absolute atomic E-state index is 12.0. The molecule has 0 aliphatic heterocycles. The molecule has 5 nitrogen and oxygen atoms in total. The molecule has 0 fully saturated rings. The number of carbonyl (C=O) groups excluding carboxylic acids is 1. The number of nitrogens with zero attached hydrogens (tertiary/aromatic N) is 2. The molecule has 0 aliphatic carbocycles. The Kier molecular flexibility index (Phi) is 10.3. The summed E-state index contributed by atoms with van der Waals surface area (Å²) in [5.41, 5.74) is 0.0215. The van der Waals surface area contributed by atoms with Crippen molar-refractivity contribution in [3.63, 3.8) is 0 Å². The molecular formula is C17H31N3O2. The van der Waals surface area contributed by atoms with Crippen molar-refractivity contribution in [2.45, 2.75) is 59.4 Å². The summed E-state index contributed by atoms with van der Waals surface area (Å²) in [6, 6.07) is 1.98. The number of nitriles is 1. The molecule has 0 atom stereocenters. The largest absolute Gasteiger partial charge is 0.381 e. The lowest BCUT2D eigenvalue weighted by molar-refractivity contribution is -0.117. The van der Waals surface area contributed by atoms with Crippen molar-refractivity contribution in [1.29, 1.82) is 5.26 Å². The number of hydrogen-bond donors (Lipinski definition) is 1. The third kappa shape index (κ3) is 8.68. The highest BCUT2D eigenvalue weighted by Crippen LogP contribution is 2.14. The van der Waals surface area contributed by atoms with Crippen molar-refractivity contribution < 1.29 is 9.53 Å². The van der Waals surface area contributed by atoms with Crippen molar-refractivity contribution in [3.05, 3.63) is 11.8 Å². The van der Waals surface area contributed by atoms with Crippen LogP contribution in [0.25, 0.3) is 0 Å². The van der Waals surface area contributed by atoms with Crippen molar-refractivity contribution in [2.24, 2.45) is 0 Å². The minimum absolute atomic E-state index is 0.121. The van der Waals surface area contributed by atoms with Gasteiger partial charge in [-0.3, -0.25) is 4.79 Å². The number of nitrogens with one attached hydrogen (secondary N) is 1. The monoisotopic (exact) mass is 309 g/mol. The van der Waals surface area contributed by atoms with Gasteiger partial charge in [0.25, 0.3) is 5.91 Å². The summed E-state index contributed by atoms with van der Waals surface area (Å²) in [5.74, 6) is -0.321. The van der Waals surface area contributed by atoms with Crippen LogP contribution >= 0.6 is 0 Å². The number of amides is 1. The molecule has 0 bridgehead atoms. The molecule has 0 radical (unpaired) electrons. The van der Waals surface area contributed by atoms with Crippen molar-refractivity contribution >= 4 is 5.91 Å². The Balaban J connectivity index is 4.29. The van der Waals surface area contributed by atoms with Crippen LogP contribution < -0.4 is 5.32 Å². The second-order valence-corrected chi connectivity index (χ2v) is 6.19. The molecule has 0 rings (SSSR count). The smallest absolute Gasteiger partial charge is 0.263 e. The van der Waals surface area contributed by atoms with Gasteiger partial charge in [0.2, 0.25) is 0 Å². The van der Waals surface area contributed by atoms with Crippen LogP contribution in [-0.2, 0) is 9.53 Å². The molecule has 0 saturated heterocycles. The number of carbonyl (C=O) groups is 1. The van der Waals surface area contributed by atoms with E-state index in [1.54, 1.807) is 6.20 Å². The first-order chi connectivity index (χ1) is 10.4. The van der Waals surface area contributed by atoms with Crippen molar-refractivity contribution in [2.75, 3.05) is 26.3 Å². The van der Waals surface area contributed by atoms with E-state index >= 15 is 0 Å². The van der Waals surface area contributed by atoms with E-state index in [0.29, 0.717) is 13.2 Å². The standard InChI is InChI=1S/C17H31N3O2/c1-6-8-11-22-12-9-10-19-16(21)15(13-18)14-20(7-2)17(3,4)5/h14H,6-12H2,1-5H3,(H,19,21)/b15-14-. The van der Waals surface area contributed by atoms with Gasteiger partial charge in [-0.15, -0.1) is 0 Å². The SMILES string of the molecule is CCCCOCCCNC(=O)/C(C#N)=C\N(CC)C(C)(C)C. The number of unbranched alkanes of at least 4 members (excludes halogenated alkanes) is 1. The number of ether oxygens (including phenoxy) is 1. The number of rotatable bonds is 10. The summed E-state index contributed by atoms with van der Waals surface area (Å²) in [7, 11) is 0. The molecule has 126 valence electrons. The Morgan fingerprint density at radius 3 is 2.41 bits per heavy atom. The fourth-order valence-corrected chi connectivity index (χ4v) is 1.87. The van der Waals surface area contributed by atoms with Gasteiger partial charge in [0.05, 0.1) is 0 Å². The van der Waals surface area contributed by atoms with Crippen molar-refractivity contribution in [1.82, 2.24) is 10.2 Å². The zero-order valence-corrected chi connectivity index (χ0v) is 14.7. The molecular weight excluding hydrogens is 278 g/mol. The third-order valence-corrected chi connectivity index (χ3v) is 3.25. The molecule has 0 unspecified atom stereocenters. The zero-order chi connectivity index (χ0) is 17.0. The molecule has 5 heteroatoms. The highest BCUT2D eigenvalue weighted by Gasteiger charge is 2.19. The van der Waals surface area contributed by atoms with Crippen LogP contribution in [0.15, 0.2) is 11.8 Å². The Morgan fingerprint density at radius 2 is 1.91 bits per heavy atom. The Morgan fingerprint density at radius 1 is 1.27 bits per heavy atom. The van der Waals surface area contributed by atoms with Gasteiger partial charge < -0.3 is 15.0 Å². The average Bonchev–Trinajstić information content (AvgIpc) is 2.46. The van der Waals surface area contributed by atoms with Crippen molar-refractivity contribution in [3.8, 4) is 6.07 Å². The van der Waals surface area contributed by atoms with Gasteiger partial charge >= 0.3 is 0 Å². The van der Waals surface area contributed by atoms with Gasteiger partial charge in [-0.25, -0.2) is 0 Å². The maximum Gasteiger partial charge on any atom is 0.263 e. The van der Waals surface area contributed by atoms with E-state index in [1.807, 2.05) is 38.7 Å². The molecule has 1 amide bonds. The van der Waals surface area contributed by atoms with Crippen LogP contribution in [0.3, 0.4) is 0 Å². The second kappa shape index (κ2) is 11.1. The first-order valence-electron chi connectivity index (χ1n) is 8.11. The summed E-state index contributed by atoms with van der Waals surface area (Å²) in [5, 5.41) is 11.9. The van der Waals surface area contributed by atoms with Crippen LogP contribution in [0.5, 0.6) is 0 Å². The first-order valence-corrected chi connectivity index (χ1v) is 8.11. The van der Waals surface area contributed by atoms with Gasteiger partial charge in [0.15, 0.2) is 0 Å². The molecule has 0 saturated carbocycles. The summed E-state index contributed by atoms with van der Waals surface area (Å²) >= 11 is 0. The van der Waals surface area contributed by atoms with Crippen LogP contribution in [-0.4, -0.2) is 42.6 Å². The second-order valence-electron chi connectivity index (χ2n) is 6.19. The molecule has 0 aromatic carbocycles. The molecule has 0 aromatic rings. The van der Waals surface area contributed by atoms with E-state index < -0.39 is 0 Å². The van der Waals surface area contributed by atoms with Gasteiger partial charge in [-0.1, -0.05) is 13.3 Å². The lowest BCUT2D eigenvalue weighted by Crippen LogP contribution is -2.38. The van der Waals surface area contributed by atoms with E-state index in [1.165, 1.54) is 0 Å². The van der Waals surface area contributed by atoms with E-state index in [9.17, 15) is 10.1 Å². The summed E-state index contributed by atoms with van der Waals surface area (Å²) in [6.07, 6.45) is 4.58. The molecule has 0 heterocycles. The van der Waals surface area contributed by atoms with Gasteiger partial charge in [0, 0.05) is 38.0 Å². The van der Waals surface area contributed by atoms with Gasteiger partial charge in [0.1, 0.15) is 11.6 Å². The Hall–Kier alpha value is -1.54. The maximum atomic E-state index is 12.0. The minimum atomic E-state index is -0.321.